The zero-order valence-corrected chi connectivity index (χ0v) is 11.9. The summed E-state index contributed by atoms with van der Waals surface area (Å²) in [6, 6.07) is 7.72. The third-order valence-electron chi connectivity index (χ3n) is 3.75. The maximum absolute atomic E-state index is 12.2. The molecule has 2 N–H and O–H groups in total. The molecule has 3 heteroatoms. The predicted molar refractivity (Wildman–Crippen MR) is 79.4 cm³/mol. The number of anilines is 1. The molecule has 1 aromatic carbocycles. The molecule has 3 nitrogen and oxygen atoms in total. The van der Waals surface area contributed by atoms with Crippen LogP contribution in [0.3, 0.4) is 0 Å². The van der Waals surface area contributed by atoms with Gasteiger partial charge in [0, 0.05) is 18.8 Å². The van der Waals surface area contributed by atoms with Gasteiger partial charge in [0.25, 0.3) is 5.91 Å². The van der Waals surface area contributed by atoms with Gasteiger partial charge in [-0.15, -0.1) is 0 Å². The van der Waals surface area contributed by atoms with Crippen LogP contribution in [0.15, 0.2) is 24.3 Å². The zero-order valence-electron chi connectivity index (χ0n) is 11.9. The number of hydrogen-bond donors (Lipinski definition) is 2. The minimum absolute atomic E-state index is 0.0340. The van der Waals surface area contributed by atoms with Crippen molar-refractivity contribution in [2.75, 3.05) is 18.4 Å². The molecule has 0 aliphatic heterocycles. The van der Waals surface area contributed by atoms with E-state index in [2.05, 4.69) is 24.5 Å². The Morgan fingerprint density at radius 1 is 1.37 bits per heavy atom. The molecule has 0 bridgehead atoms. The minimum Gasteiger partial charge on any atom is -0.384 e. The molecule has 19 heavy (non-hydrogen) atoms. The van der Waals surface area contributed by atoms with E-state index in [0.29, 0.717) is 5.92 Å². The summed E-state index contributed by atoms with van der Waals surface area (Å²) < 4.78 is 0. The number of hydrogen-bond acceptors (Lipinski definition) is 2. The monoisotopic (exact) mass is 260 g/mol. The van der Waals surface area contributed by atoms with Crippen LogP contribution in [0, 0.1) is 11.8 Å². The second-order valence-electron chi connectivity index (χ2n) is 5.50. The van der Waals surface area contributed by atoms with Crippen LogP contribution in [0.25, 0.3) is 0 Å². The summed E-state index contributed by atoms with van der Waals surface area (Å²) in [6.45, 7) is 6.01. The lowest BCUT2D eigenvalue weighted by atomic mass is 10.1. The summed E-state index contributed by atoms with van der Waals surface area (Å²) >= 11 is 0. The maximum Gasteiger partial charge on any atom is 0.253 e. The Labute approximate surface area is 115 Å². The Morgan fingerprint density at radius 3 is 2.79 bits per heavy atom. The Morgan fingerprint density at radius 2 is 2.11 bits per heavy atom. The first-order valence-electron chi connectivity index (χ1n) is 7.33. The normalized spacial score (nSPS) is 15.9. The van der Waals surface area contributed by atoms with Crippen LogP contribution < -0.4 is 10.6 Å². The van der Waals surface area contributed by atoms with E-state index in [1.54, 1.807) is 0 Å². The molecule has 1 aromatic rings. The third kappa shape index (κ3) is 3.98. The van der Waals surface area contributed by atoms with Gasteiger partial charge in [-0.2, -0.15) is 0 Å². The van der Waals surface area contributed by atoms with Crippen molar-refractivity contribution < 1.29 is 4.79 Å². The van der Waals surface area contributed by atoms with Crippen molar-refractivity contribution in [1.82, 2.24) is 5.32 Å². The summed E-state index contributed by atoms with van der Waals surface area (Å²) in [5, 5.41) is 6.36. The second kappa shape index (κ2) is 6.60. The van der Waals surface area contributed by atoms with E-state index >= 15 is 0 Å². The highest BCUT2D eigenvalue weighted by Crippen LogP contribution is 2.36. The average molecular weight is 260 g/mol. The number of para-hydroxylation sites is 1. The van der Waals surface area contributed by atoms with E-state index in [1.165, 1.54) is 12.8 Å². The van der Waals surface area contributed by atoms with E-state index in [0.717, 1.165) is 36.7 Å². The largest absolute Gasteiger partial charge is 0.384 e. The molecule has 1 aliphatic rings. The molecule has 104 valence electrons. The highest BCUT2D eigenvalue weighted by Gasteiger charge is 2.28. The molecule has 2 rings (SSSR count). The van der Waals surface area contributed by atoms with E-state index in [1.807, 2.05) is 24.3 Å². The lowest BCUT2D eigenvalue weighted by Gasteiger charge is -2.14. The molecule has 0 spiro atoms. The first-order chi connectivity index (χ1) is 9.22. The van der Waals surface area contributed by atoms with Crippen molar-refractivity contribution in [3.8, 4) is 0 Å². The van der Waals surface area contributed by atoms with Gasteiger partial charge >= 0.3 is 0 Å². The first kappa shape index (κ1) is 13.9. The minimum atomic E-state index is 0.0340. The summed E-state index contributed by atoms with van der Waals surface area (Å²) in [7, 11) is 0. The van der Waals surface area contributed by atoms with Gasteiger partial charge in [0.2, 0.25) is 0 Å². The fourth-order valence-corrected chi connectivity index (χ4v) is 2.28. The van der Waals surface area contributed by atoms with Crippen molar-refractivity contribution in [3.05, 3.63) is 29.8 Å². The summed E-state index contributed by atoms with van der Waals surface area (Å²) in [5.41, 5.74) is 1.68. The van der Waals surface area contributed by atoms with Crippen LogP contribution in [-0.4, -0.2) is 19.0 Å². The van der Waals surface area contributed by atoms with Gasteiger partial charge in [0.1, 0.15) is 0 Å². The third-order valence-corrected chi connectivity index (χ3v) is 3.75. The van der Waals surface area contributed by atoms with Crippen molar-refractivity contribution in [1.29, 1.82) is 0 Å². The lowest BCUT2D eigenvalue weighted by Crippen LogP contribution is -2.29. The number of carbonyl (C=O) groups excluding carboxylic acids is 1. The standard InChI is InChI=1S/C16H24N2O/c1-3-10-17-15-7-5-4-6-14(15)16(19)18-11-12(2)13-8-9-13/h4-7,12-13,17H,3,8-11H2,1-2H3,(H,18,19). The number of nitrogens with one attached hydrogen (secondary N) is 2. The Bertz CT molecular complexity index is 427. The molecule has 0 saturated heterocycles. The van der Waals surface area contributed by atoms with Crippen LogP contribution in [0.4, 0.5) is 5.69 Å². The molecule has 0 heterocycles. The molecule has 1 unspecified atom stereocenters. The molecular weight excluding hydrogens is 236 g/mol. The Balaban J connectivity index is 1.93. The van der Waals surface area contributed by atoms with Gasteiger partial charge in [-0.05, 0) is 43.2 Å². The molecule has 0 aromatic heterocycles. The quantitative estimate of drug-likeness (QED) is 0.790. The maximum atomic E-state index is 12.2. The zero-order chi connectivity index (χ0) is 13.7. The molecule has 1 aliphatic carbocycles. The van der Waals surface area contributed by atoms with Gasteiger partial charge < -0.3 is 10.6 Å². The highest BCUT2D eigenvalue weighted by molar-refractivity contribution is 5.99. The van der Waals surface area contributed by atoms with E-state index in [9.17, 15) is 4.79 Å². The summed E-state index contributed by atoms with van der Waals surface area (Å²) in [4.78, 5) is 12.2. The fourth-order valence-electron chi connectivity index (χ4n) is 2.28. The fraction of sp³-hybridized carbons (Fsp3) is 0.562. The van der Waals surface area contributed by atoms with Crippen molar-refractivity contribution in [2.24, 2.45) is 11.8 Å². The topological polar surface area (TPSA) is 41.1 Å². The van der Waals surface area contributed by atoms with Gasteiger partial charge in [0.05, 0.1) is 5.56 Å². The van der Waals surface area contributed by atoms with E-state index in [-0.39, 0.29) is 5.91 Å². The van der Waals surface area contributed by atoms with Crippen LogP contribution >= 0.6 is 0 Å². The molecule has 1 fully saturated rings. The number of rotatable bonds is 7. The number of carbonyl (C=O) groups is 1. The second-order valence-corrected chi connectivity index (χ2v) is 5.50. The van der Waals surface area contributed by atoms with Gasteiger partial charge in [0.15, 0.2) is 0 Å². The summed E-state index contributed by atoms with van der Waals surface area (Å²) in [6.07, 6.45) is 3.70. The van der Waals surface area contributed by atoms with Crippen molar-refractivity contribution >= 4 is 11.6 Å². The SMILES string of the molecule is CCCNc1ccccc1C(=O)NCC(C)C1CC1. The molecular formula is C16H24N2O. The van der Waals surface area contributed by atoms with Crippen LogP contribution in [0.2, 0.25) is 0 Å². The highest BCUT2D eigenvalue weighted by atomic mass is 16.1. The molecule has 1 saturated carbocycles. The van der Waals surface area contributed by atoms with Crippen molar-refractivity contribution in [3.63, 3.8) is 0 Å². The Hall–Kier alpha value is -1.51. The average Bonchev–Trinajstić information content (AvgIpc) is 3.27. The molecule has 0 radical (unpaired) electrons. The van der Waals surface area contributed by atoms with Gasteiger partial charge in [-0.25, -0.2) is 0 Å². The lowest BCUT2D eigenvalue weighted by molar-refractivity contribution is 0.0947. The Kier molecular flexibility index (Phi) is 4.83. The van der Waals surface area contributed by atoms with Crippen LogP contribution in [-0.2, 0) is 0 Å². The predicted octanol–water partition coefficient (Wildman–Crippen LogP) is 3.28. The van der Waals surface area contributed by atoms with E-state index < -0.39 is 0 Å². The van der Waals surface area contributed by atoms with Crippen molar-refractivity contribution in [2.45, 2.75) is 33.1 Å². The first-order valence-corrected chi connectivity index (χ1v) is 7.33. The number of benzene rings is 1. The van der Waals surface area contributed by atoms with E-state index in [4.69, 9.17) is 0 Å². The molecule has 1 amide bonds. The van der Waals surface area contributed by atoms with Crippen LogP contribution in [0.5, 0.6) is 0 Å². The van der Waals surface area contributed by atoms with Gasteiger partial charge in [-0.3, -0.25) is 4.79 Å². The summed E-state index contributed by atoms with van der Waals surface area (Å²) in [5.74, 6) is 1.46. The van der Waals surface area contributed by atoms with Gasteiger partial charge in [-0.1, -0.05) is 26.0 Å². The van der Waals surface area contributed by atoms with Crippen LogP contribution in [0.1, 0.15) is 43.5 Å². The molecule has 1 atom stereocenters. The number of amides is 1. The smallest absolute Gasteiger partial charge is 0.253 e.